The predicted molar refractivity (Wildman–Crippen MR) is 152 cm³/mol. The Morgan fingerprint density at radius 1 is 0.528 bits per heavy atom. The van der Waals surface area contributed by atoms with E-state index in [1.54, 1.807) is 11.3 Å². The predicted octanol–water partition coefficient (Wildman–Crippen LogP) is 9.05. The maximum atomic E-state index is 6.28. The van der Waals surface area contributed by atoms with Gasteiger partial charge in [-0.2, -0.15) is 0 Å². The molecule has 5 heteroatoms. The highest BCUT2D eigenvalue weighted by atomic mass is 35.5. The molecule has 0 unspecified atom stereocenters. The topological polar surface area (TPSA) is 38.7 Å². The Morgan fingerprint density at radius 3 is 2.11 bits per heavy atom. The van der Waals surface area contributed by atoms with Crippen LogP contribution < -0.4 is 0 Å². The number of benzene rings is 5. The molecule has 0 amide bonds. The lowest BCUT2D eigenvalue weighted by molar-refractivity contribution is 1.08. The van der Waals surface area contributed by atoms with Crippen LogP contribution in [0.1, 0.15) is 0 Å². The molecule has 36 heavy (non-hydrogen) atoms. The van der Waals surface area contributed by atoms with Crippen molar-refractivity contribution in [2.75, 3.05) is 0 Å². The summed E-state index contributed by atoms with van der Waals surface area (Å²) in [4.78, 5) is 15.0. The molecule has 0 saturated heterocycles. The molecule has 0 saturated carbocycles. The van der Waals surface area contributed by atoms with E-state index in [1.807, 2.05) is 54.6 Å². The van der Waals surface area contributed by atoms with E-state index in [0.717, 1.165) is 27.5 Å². The van der Waals surface area contributed by atoms with E-state index in [1.165, 1.54) is 20.2 Å². The lowest BCUT2D eigenvalue weighted by atomic mass is 10.0. The third-order valence-corrected chi connectivity index (χ3v) is 7.77. The Labute approximate surface area is 216 Å². The van der Waals surface area contributed by atoms with Crippen molar-refractivity contribution in [3.8, 4) is 34.2 Å². The van der Waals surface area contributed by atoms with E-state index in [0.29, 0.717) is 22.5 Å². The molecule has 2 heterocycles. The third-order valence-electron chi connectivity index (χ3n) is 6.39. The van der Waals surface area contributed by atoms with Gasteiger partial charge in [0.15, 0.2) is 17.5 Å². The van der Waals surface area contributed by atoms with Gasteiger partial charge >= 0.3 is 0 Å². The fraction of sp³-hybridized carbons (Fsp3) is 0. The molecular weight excluding hydrogens is 482 g/mol. The summed E-state index contributed by atoms with van der Waals surface area (Å²) in [5.41, 5.74) is 2.91. The Hall–Kier alpha value is -4.12. The molecule has 0 spiro atoms. The second kappa shape index (κ2) is 8.52. The van der Waals surface area contributed by atoms with E-state index in [9.17, 15) is 0 Å². The Kier molecular flexibility index (Phi) is 5.01. The molecule has 0 aliphatic rings. The van der Waals surface area contributed by atoms with E-state index in [2.05, 4.69) is 54.6 Å². The molecular formula is C31H18ClN3S. The monoisotopic (exact) mass is 499 g/mol. The van der Waals surface area contributed by atoms with Gasteiger partial charge in [-0.05, 0) is 35.0 Å². The number of thiophene rings is 1. The highest BCUT2D eigenvalue weighted by Crippen LogP contribution is 2.40. The van der Waals surface area contributed by atoms with Gasteiger partial charge in [0.05, 0.1) is 0 Å². The van der Waals surface area contributed by atoms with Crippen molar-refractivity contribution in [3.63, 3.8) is 0 Å². The Morgan fingerprint density at radius 2 is 1.22 bits per heavy atom. The lowest BCUT2D eigenvalue weighted by Gasteiger charge is -2.11. The summed E-state index contributed by atoms with van der Waals surface area (Å²) in [6.07, 6.45) is 0. The minimum atomic E-state index is 0.642. The van der Waals surface area contributed by atoms with Gasteiger partial charge in [0.25, 0.3) is 0 Å². The fourth-order valence-corrected chi connectivity index (χ4v) is 6.06. The van der Waals surface area contributed by atoms with Crippen LogP contribution in [0.4, 0.5) is 0 Å². The van der Waals surface area contributed by atoms with Crippen LogP contribution in [-0.4, -0.2) is 15.0 Å². The fourth-order valence-electron chi connectivity index (χ4n) is 4.74. The van der Waals surface area contributed by atoms with Crippen molar-refractivity contribution in [2.24, 2.45) is 0 Å². The van der Waals surface area contributed by atoms with E-state index in [4.69, 9.17) is 26.6 Å². The molecule has 0 radical (unpaired) electrons. The second-order valence-corrected chi connectivity index (χ2v) is 10.1. The summed E-state index contributed by atoms with van der Waals surface area (Å²) in [6, 6.07) is 37.0. The van der Waals surface area contributed by atoms with E-state index >= 15 is 0 Å². The average molecular weight is 500 g/mol. The Bertz CT molecular complexity index is 1910. The summed E-state index contributed by atoms with van der Waals surface area (Å²) in [5.74, 6) is 1.96. The minimum Gasteiger partial charge on any atom is -0.208 e. The summed E-state index contributed by atoms with van der Waals surface area (Å²) in [6.45, 7) is 0. The summed E-state index contributed by atoms with van der Waals surface area (Å²) in [5, 5.41) is 5.21. The van der Waals surface area contributed by atoms with Crippen molar-refractivity contribution >= 4 is 53.9 Å². The molecule has 2 aromatic heterocycles. The summed E-state index contributed by atoms with van der Waals surface area (Å²) < 4.78 is 2.47. The van der Waals surface area contributed by atoms with Crippen LogP contribution in [0.3, 0.4) is 0 Å². The van der Waals surface area contributed by atoms with Crippen LogP contribution in [0.25, 0.3) is 65.1 Å². The molecule has 5 aromatic carbocycles. The average Bonchev–Trinajstić information content (AvgIpc) is 3.32. The summed E-state index contributed by atoms with van der Waals surface area (Å²) in [7, 11) is 0. The zero-order chi connectivity index (χ0) is 24.1. The zero-order valence-electron chi connectivity index (χ0n) is 19.0. The molecule has 3 nitrogen and oxygen atoms in total. The highest BCUT2D eigenvalue weighted by molar-refractivity contribution is 7.25. The lowest BCUT2D eigenvalue weighted by Crippen LogP contribution is -2.00. The van der Waals surface area contributed by atoms with Crippen LogP contribution in [-0.2, 0) is 0 Å². The standard InChI is InChI=1S/C31H18ClN3S/c32-21-16-17-22-20(18-21)10-6-12-23(22)30-33-29(19-8-2-1-3-9-19)34-31(35-30)25-13-7-15-27-28(25)24-11-4-5-14-26(24)36-27/h1-18H. The molecule has 7 aromatic rings. The molecule has 0 fully saturated rings. The van der Waals surface area contributed by atoms with Gasteiger partial charge in [-0.25, -0.2) is 15.0 Å². The number of rotatable bonds is 3. The number of hydrogen-bond donors (Lipinski definition) is 0. The highest BCUT2D eigenvalue weighted by Gasteiger charge is 2.17. The molecule has 0 atom stereocenters. The van der Waals surface area contributed by atoms with Gasteiger partial charge < -0.3 is 0 Å². The molecule has 170 valence electrons. The van der Waals surface area contributed by atoms with Crippen molar-refractivity contribution < 1.29 is 0 Å². The second-order valence-electron chi connectivity index (χ2n) is 8.62. The van der Waals surface area contributed by atoms with E-state index < -0.39 is 0 Å². The van der Waals surface area contributed by atoms with Crippen LogP contribution >= 0.6 is 22.9 Å². The quantitative estimate of drug-likeness (QED) is 0.243. The first kappa shape index (κ1) is 21.2. The largest absolute Gasteiger partial charge is 0.208 e. The minimum absolute atomic E-state index is 0.642. The van der Waals surface area contributed by atoms with Gasteiger partial charge in [-0.15, -0.1) is 11.3 Å². The number of hydrogen-bond acceptors (Lipinski definition) is 4. The van der Waals surface area contributed by atoms with Gasteiger partial charge in [0.1, 0.15) is 0 Å². The van der Waals surface area contributed by atoms with Crippen LogP contribution in [0.5, 0.6) is 0 Å². The van der Waals surface area contributed by atoms with Crippen molar-refractivity contribution in [3.05, 3.63) is 114 Å². The normalized spacial score (nSPS) is 11.5. The zero-order valence-corrected chi connectivity index (χ0v) is 20.6. The van der Waals surface area contributed by atoms with Gasteiger partial charge in [-0.1, -0.05) is 96.5 Å². The van der Waals surface area contributed by atoms with Crippen molar-refractivity contribution in [1.82, 2.24) is 15.0 Å². The molecule has 0 bridgehead atoms. The number of fused-ring (bicyclic) bond motifs is 4. The Balaban J connectivity index is 1.54. The molecule has 0 aliphatic heterocycles. The van der Waals surface area contributed by atoms with Crippen molar-refractivity contribution in [1.29, 1.82) is 0 Å². The van der Waals surface area contributed by atoms with E-state index in [-0.39, 0.29) is 0 Å². The van der Waals surface area contributed by atoms with Crippen LogP contribution in [0.15, 0.2) is 109 Å². The van der Waals surface area contributed by atoms with Gasteiger partial charge in [0, 0.05) is 41.9 Å². The number of halogens is 1. The van der Waals surface area contributed by atoms with Crippen molar-refractivity contribution in [2.45, 2.75) is 0 Å². The SMILES string of the molecule is Clc1ccc2c(-c3nc(-c4ccccc4)nc(-c4cccc5sc6ccccc6c45)n3)cccc2c1. The number of aromatic nitrogens is 3. The first-order chi connectivity index (χ1) is 17.7. The maximum absolute atomic E-state index is 6.28. The number of nitrogens with zero attached hydrogens (tertiary/aromatic N) is 3. The first-order valence-corrected chi connectivity index (χ1v) is 12.8. The molecule has 0 aliphatic carbocycles. The van der Waals surface area contributed by atoms with Crippen LogP contribution in [0, 0.1) is 0 Å². The first-order valence-electron chi connectivity index (χ1n) is 11.7. The smallest absolute Gasteiger partial charge is 0.164 e. The summed E-state index contributed by atoms with van der Waals surface area (Å²) >= 11 is 8.07. The van der Waals surface area contributed by atoms with Gasteiger partial charge in [-0.3, -0.25) is 0 Å². The maximum Gasteiger partial charge on any atom is 0.164 e. The molecule has 0 N–H and O–H groups in total. The van der Waals surface area contributed by atoms with Crippen LogP contribution in [0.2, 0.25) is 5.02 Å². The third kappa shape index (κ3) is 3.54. The van der Waals surface area contributed by atoms with Gasteiger partial charge in [0.2, 0.25) is 0 Å². The molecule has 7 rings (SSSR count).